The van der Waals surface area contributed by atoms with Crippen molar-refractivity contribution < 1.29 is 28.1 Å². The number of nitrogens with one attached hydrogen (secondary N) is 1. The van der Waals surface area contributed by atoms with Gasteiger partial charge in [0.25, 0.3) is 0 Å². The average molecular weight is 501 g/mol. The van der Waals surface area contributed by atoms with Gasteiger partial charge in [-0.3, -0.25) is 0 Å². The van der Waals surface area contributed by atoms with Gasteiger partial charge in [0.05, 0.1) is 34.5 Å². The molecule has 1 heterocycles. The van der Waals surface area contributed by atoms with Gasteiger partial charge in [0.15, 0.2) is 23.0 Å². The molecular weight excluding hydrogens is 475 g/mol. The van der Waals surface area contributed by atoms with Crippen LogP contribution in [-0.4, -0.2) is 45.9 Å². The fraction of sp³-hybridized carbons (Fsp3) is 0.269. The number of amides is 2. The highest BCUT2D eigenvalue weighted by atomic mass is 35.5. The first-order valence-corrected chi connectivity index (χ1v) is 11.3. The van der Waals surface area contributed by atoms with Crippen molar-refractivity contribution in [2.75, 3.05) is 40.3 Å². The fourth-order valence-corrected chi connectivity index (χ4v) is 4.62. The lowest BCUT2D eigenvalue weighted by Crippen LogP contribution is -2.43. The molecule has 184 valence electrons. The van der Waals surface area contributed by atoms with E-state index in [9.17, 15) is 4.79 Å². The van der Waals surface area contributed by atoms with E-state index in [-0.39, 0.29) is 10.6 Å². The Hall–Kier alpha value is -3.65. The summed E-state index contributed by atoms with van der Waals surface area (Å²) in [4.78, 5) is 15.1. The van der Waals surface area contributed by atoms with E-state index >= 15 is 4.39 Å². The number of rotatable bonds is 6. The van der Waals surface area contributed by atoms with Crippen molar-refractivity contribution in [1.29, 1.82) is 0 Å². The highest BCUT2D eigenvalue weighted by Gasteiger charge is 2.36. The van der Waals surface area contributed by atoms with Crippen molar-refractivity contribution in [2.45, 2.75) is 12.5 Å². The molecule has 0 saturated heterocycles. The molecule has 0 aliphatic carbocycles. The maximum Gasteiger partial charge on any atom is 0.322 e. The lowest BCUT2D eigenvalue weighted by atomic mass is 9.87. The third kappa shape index (κ3) is 4.66. The monoisotopic (exact) mass is 500 g/mol. The number of urea groups is 1. The molecule has 0 aromatic heterocycles. The molecule has 1 aliphatic rings. The van der Waals surface area contributed by atoms with Crippen molar-refractivity contribution >= 4 is 23.3 Å². The van der Waals surface area contributed by atoms with E-state index in [1.54, 1.807) is 42.3 Å². The molecule has 1 unspecified atom stereocenters. The van der Waals surface area contributed by atoms with Gasteiger partial charge in [0, 0.05) is 28.9 Å². The molecule has 4 rings (SSSR count). The summed E-state index contributed by atoms with van der Waals surface area (Å²) in [7, 11) is 6.14. The van der Waals surface area contributed by atoms with Crippen LogP contribution in [0.25, 0.3) is 0 Å². The Morgan fingerprint density at radius 3 is 2.26 bits per heavy atom. The number of nitrogens with zero attached hydrogens (tertiary/aromatic N) is 1. The molecule has 0 saturated carbocycles. The number of methoxy groups -OCH3 is 4. The van der Waals surface area contributed by atoms with Crippen LogP contribution in [0, 0.1) is 5.82 Å². The summed E-state index contributed by atoms with van der Waals surface area (Å²) in [5, 5.41) is 3.11. The number of benzene rings is 3. The molecule has 0 bridgehead atoms. The van der Waals surface area contributed by atoms with Crippen LogP contribution in [0.4, 0.5) is 14.9 Å². The number of fused-ring (bicyclic) bond motifs is 1. The van der Waals surface area contributed by atoms with Crippen molar-refractivity contribution in [1.82, 2.24) is 4.90 Å². The van der Waals surface area contributed by atoms with Gasteiger partial charge >= 0.3 is 6.03 Å². The minimum absolute atomic E-state index is 0.213. The third-order valence-corrected chi connectivity index (χ3v) is 6.37. The molecule has 3 aromatic rings. The summed E-state index contributed by atoms with van der Waals surface area (Å²) in [6, 6.07) is 12.0. The lowest BCUT2D eigenvalue weighted by molar-refractivity contribution is 0.192. The van der Waals surface area contributed by atoms with E-state index < -0.39 is 17.9 Å². The highest BCUT2D eigenvalue weighted by Crippen LogP contribution is 2.44. The summed E-state index contributed by atoms with van der Waals surface area (Å²) in [6.45, 7) is 0.330. The van der Waals surface area contributed by atoms with Crippen molar-refractivity contribution in [2.24, 2.45) is 0 Å². The quantitative estimate of drug-likeness (QED) is 0.470. The lowest BCUT2D eigenvalue weighted by Gasteiger charge is -2.38. The van der Waals surface area contributed by atoms with E-state index in [0.29, 0.717) is 47.2 Å². The third-order valence-electron chi connectivity index (χ3n) is 6.04. The van der Waals surface area contributed by atoms with Gasteiger partial charge in [0.1, 0.15) is 5.82 Å². The van der Waals surface area contributed by atoms with Crippen LogP contribution in [0.2, 0.25) is 5.02 Å². The molecule has 1 N–H and O–H groups in total. The van der Waals surface area contributed by atoms with Gasteiger partial charge in [-0.25, -0.2) is 9.18 Å². The number of carbonyl (C=O) groups excluding carboxylic acids is 1. The number of hydrogen-bond acceptors (Lipinski definition) is 5. The van der Waals surface area contributed by atoms with Gasteiger partial charge in [0.2, 0.25) is 0 Å². The van der Waals surface area contributed by atoms with Gasteiger partial charge in [-0.15, -0.1) is 0 Å². The molecule has 1 aliphatic heterocycles. The van der Waals surface area contributed by atoms with E-state index in [1.165, 1.54) is 33.5 Å². The normalized spacial score (nSPS) is 14.7. The Balaban J connectivity index is 1.79. The number of halogens is 2. The highest BCUT2D eigenvalue weighted by molar-refractivity contribution is 6.31. The zero-order chi connectivity index (χ0) is 25.1. The van der Waals surface area contributed by atoms with Crippen molar-refractivity contribution in [3.63, 3.8) is 0 Å². The number of anilines is 1. The van der Waals surface area contributed by atoms with Crippen molar-refractivity contribution in [3.05, 3.63) is 76.1 Å². The fourth-order valence-electron chi connectivity index (χ4n) is 4.36. The molecule has 35 heavy (non-hydrogen) atoms. The minimum atomic E-state index is -0.785. The van der Waals surface area contributed by atoms with Gasteiger partial charge < -0.3 is 29.2 Å². The molecule has 9 heteroatoms. The smallest absolute Gasteiger partial charge is 0.322 e. The first-order valence-electron chi connectivity index (χ1n) is 10.9. The molecule has 0 spiro atoms. The number of hydrogen-bond donors (Lipinski definition) is 1. The maximum atomic E-state index is 15.2. The predicted molar refractivity (Wildman–Crippen MR) is 132 cm³/mol. The standard InChI is InChI=1S/C26H26ClFN2O5/c1-32-20-9-8-16(13-22(20)34-3)29-26(31)30-11-10-15-12-21(33-2)23(35-4)14-17(15)25(30)24-18(27)6-5-7-19(24)28/h5-9,12-14,25H,10-11H2,1-4H3,(H,29,31). The van der Waals surface area contributed by atoms with Gasteiger partial charge in [-0.2, -0.15) is 0 Å². The summed E-state index contributed by atoms with van der Waals surface area (Å²) in [5.41, 5.74) is 2.35. The van der Waals surface area contributed by atoms with Crippen LogP contribution in [0.5, 0.6) is 23.0 Å². The molecule has 1 atom stereocenters. The Kier molecular flexibility index (Phi) is 7.21. The molecule has 0 radical (unpaired) electrons. The van der Waals surface area contributed by atoms with Crippen LogP contribution < -0.4 is 24.3 Å². The Morgan fingerprint density at radius 1 is 0.943 bits per heavy atom. The Labute approximate surface area is 208 Å². The Bertz CT molecular complexity index is 1230. The van der Waals surface area contributed by atoms with Gasteiger partial charge in [-0.05, 0) is 53.9 Å². The molecular formula is C26H26ClFN2O5. The second-order valence-electron chi connectivity index (χ2n) is 7.89. The summed E-state index contributed by atoms with van der Waals surface area (Å²) >= 11 is 6.48. The minimum Gasteiger partial charge on any atom is -0.493 e. The Morgan fingerprint density at radius 2 is 1.60 bits per heavy atom. The summed E-state index contributed by atoms with van der Waals surface area (Å²) in [6.07, 6.45) is 0.539. The van der Waals surface area contributed by atoms with Crippen LogP contribution in [0.15, 0.2) is 48.5 Å². The largest absolute Gasteiger partial charge is 0.493 e. The number of carbonyl (C=O) groups is 1. The zero-order valence-corrected chi connectivity index (χ0v) is 20.6. The van der Waals surface area contributed by atoms with E-state index in [2.05, 4.69) is 5.32 Å². The molecule has 3 aromatic carbocycles. The van der Waals surface area contributed by atoms with Gasteiger partial charge in [-0.1, -0.05) is 17.7 Å². The average Bonchev–Trinajstić information content (AvgIpc) is 2.87. The summed E-state index contributed by atoms with van der Waals surface area (Å²) in [5.74, 6) is 1.54. The maximum absolute atomic E-state index is 15.2. The predicted octanol–water partition coefficient (Wildman–Crippen LogP) is 5.69. The van der Waals surface area contributed by atoms with Crippen LogP contribution in [0.3, 0.4) is 0 Å². The number of ether oxygens (including phenoxy) is 4. The second kappa shape index (κ2) is 10.3. The first kappa shape index (κ1) is 24.5. The zero-order valence-electron chi connectivity index (χ0n) is 19.9. The van der Waals surface area contributed by atoms with Crippen molar-refractivity contribution in [3.8, 4) is 23.0 Å². The topological polar surface area (TPSA) is 69.3 Å². The van der Waals surface area contributed by atoms with E-state index in [1.807, 2.05) is 6.07 Å². The van der Waals surface area contributed by atoms with Crippen LogP contribution in [0.1, 0.15) is 22.7 Å². The van der Waals surface area contributed by atoms with E-state index in [0.717, 1.165) is 5.56 Å². The molecule has 7 nitrogen and oxygen atoms in total. The molecule has 0 fully saturated rings. The summed E-state index contributed by atoms with van der Waals surface area (Å²) < 4.78 is 36.7. The SMILES string of the molecule is COc1ccc(NC(=O)N2CCc3cc(OC)c(OC)cc3C2c2c(F)cccc2Cl)cc1OC. The second-order valence-corrected chi connectivity index (χ2v) is 8.29. The van der Waals surface area contributed by atoms with E-state index in [4.69, 9.17) is 30.5 Å². The first-order chi connectivity index (χ1) is 16.9. The molecule has 2 amide bonds. The van der Waals surface area contributed by atoms with Crippen LogP contribution >= 0.6 is 11.6 Å². The van der Waals surface area contributed by atoms with Crippen LogP contribution in [-0.2, 0) is 6.42 Å².